The van der Waals surface area contributed by atoms with Gasteiger partial charge in [0, 0.05) is 19.6 Å². The van der Waals surface area contributed by atoms with E-state index in [4.69, 9.17) is 0 Å². The average Bonchev–Trinajstić information content (AvgIpc) is 2.86. The first-order chi connectivity index (χ1) is 11.9. The lowest BCUT2D eigenvalue weighted by atomic mass is 9.99. The maximum Gasteiger partial charge on any atom is 0.277 e. The molecule has 1 saturated heterocycles. The largest absolute Gasteiger partial charge is 0.366 e. The molecule has 0 bridgehead atoms. The Balaban J connectivity index is 2.01. The number of likely N-dealkylation sites (N-methyl/N-ethyl adjacent to an activating group) is 2. The number of amides is 2. The van der Waals surface area contributed by atoms with Crippen LogP contribution in [0.3, 0.4) is 0 Å². The lowest BCUT2D eigenvalue weighted by Crippen LogP contribution is -2.43. The first-order valence-electron chi connectivity index (χ1n) is 9.03. The van der Waals surface area contributed by atoms with E-state index in [1.807, 2.05) is 45.2 Å². The molecule has 0 atom stereocenters. The van der Waals surface area contributed by atoms with Crippen LogP contribution in [0.4, 0.5) is 0 Å². The molecule has 0 saturated carbocycles. The van der Waals surface area contributed by atoms with Crippen molar-refractivity contribution in [2.24, 2.45) is 0 Å². The molecule has 2 aliphatic heterocycles. The number of hydrogen-bond donors (Lipinski definition) is 0. The van der Waals surface area contributed by atoms with Gasteiger partial charge in [-0.1, -0.05) is 29.8 Å². The predicted molar refractivity (Wildman–Crippen MR) is 98.8 cm³/mol. The van der Waals surface area contributed by atoms with Crippen LogP contribution in [0.25, 0.3) is 5.57 Å². The number of benzene rings is 1. The summed E-state index contributed by atoms with van der Waals surface area (Å²) in [7, 11) is 4.08. The monoisotopic (exact) mass is 341 g/mol. The zero-order valence-corrected chi connectivity index (χ0v) is 15.6. The molecule has 2 aliphatic rings. The van der Waals surface area contributed by atoms with Gasteiger partial charge in [-0.2, -0.15) is 0 Å². The number of nitrogens with zero attached hydrogens (tertiary/aromatic N) is 3. The average molecular weight is 341 g/mol. The van der Waals surface area contributed by atoms with Crippen molar-refractivity contribution >= 4 is 17.4 Å². The summed E-state index contributed by atoms with van der Waals surface area (Å²) in [5.74, 6) is -0.337. The molecule has 5 heteroatoms. The molecule has 1 aromatic carbocycles. The predicted octanol–water partition coefficient (Wildman–Crippen LogP) is 2.12. The summed E-state index contributed by atoms with van der Waals surface area (Å²) in [4.78, 5) is 31.6. The normalized spacial score (nSPS) is 19.9. The molecular weight excluding hydrogens is 314 g/mol. The van der Waals surface area contributed by atoms with E-state index in [9.17, 15) is 9.59 Å². The van der Waals surface area contributed by atoms with E-state index in [-0.39, 0.29) is 11.8 Å². The van der Waals surface area contributed by atoms with Crippen molar-refractivity contribution < 1.29 is 9.59 Å². The zero-order chi connectivity index (χ0) is 18.1. The third-order valence-electron chi connectivity index (χ3n) is 5.39. The maximum atomic E-state index is 12.9. The smallest absolute Gasteiger partial charge is 0.277 e. The third kappa shape index (κ3) is 3.21. The molecule has 0 radical (unpaired) electrons. The van der Waals surface area contributed by atoms with Crippen molar-refractivity contribution in [3.8, 4) is 0 Å². The van der Waals surface area contributed by atoms with Crippen LogP contribution in [-0.2, 0) is 9.59 Å². The molecule has 2 heterocycles. The molecule has 5 nitrogen and oxygen atoms in total. The third-order valence-corrected chi connectivity index (χ3v) is 5.39. The summed E-state index contributed by atoms with van der Waals surface area (Å²) < 4.78 is 0. The SMILES string of the molecule is CCN1C(=O)C(c2ccc(C)cc2)=C(N(C)C2CCN(C)CC2)C1=O. The molecule has 0 N–H and O–H groups in total. The van der Waals surface area contributed by atoms with Crippen molar-refractivity contribution in [2.75, 3.05) is 33.7 Å². The quantitative estimate of drug-likeness (QED) is 0.787. The number of carbonyl (C=O) groups excluding carboxylic acids is 2. The van der Waals surface area contributed by atoms with Gasteiger partial charge in [-0.25, -0.2) is 0 Å². The van der Waals surface area contributed by atoms with Gasteiger partial charge in [0.25, 0.3) is 11.8 Å². The molecule has 0 aromatic heterocycles. The molecule has 134 valence electrons. The molecule has 2 amide bonds. The Bertz CT molecular complexity index is 700. The van der Waals surface area contributed by atoms with Crippen molar-refractivity contribution in [3.63, 3.8) is 0 Å². The molecule has 0 aliphatic carbocycles. The van der Waals surface area contributed by atoms with Crippen molar-refractivity contribution in [1.82, 2.24) is 14.7 Å². The van der Waals surface area contributed by atoms with Crippen LogP contribution in [0.5, 0.6) is 0 Å². The van der Waals surface area contributed by atoms with Crippen LogP contribution in [-0.4, -0.2) is 66.3 Å². The minimum Gasteiger partial charge on any atom is -0.366 e. The van der Waals surface area contributed by atoms with Gasteiger partial charge in [0.2, 0.25) is 0 Å². The first kappa shape index (κ1) is 17.7. The van der Waals surface area contributed by atoms with Crippen LogP contribution in [0.15, 0.2) is 30.0 Å². The van der Waals surface area contributed by atoms with Crippen molar-refractivity contribution in [1.29, 1.82) is 0 Å². The second kappa shape index (κ2) is 7.00. The Morgan fingerprint density at radius 1 is 1.08 bits per heavy atom. The highest BCUT2D eigenvalue weighted by Gasteiger charge is 2.41. The van der Waals surface area contributed by atoms with E-state index >= 15 is 0 Å². The molecule has 3 rings (SSSR count). The summed E-state index contributed by atoms with van der Waals surface area (Å²) in [5.41, 5.74) is 3.08. The van der Waals surface area contributed by atoms with Crippen LogP contribution < -0.4 is 0 Å². The van der Waals surface area contributed by atoms with Gasteiger partial charge >= 0.3 is 0 Å². The Morgan fingerprint density at radius 3 is 2.24 bits per heavy atom. The summed E-state index contributed by atoms with van der Waals surface area (Å²) in [6.07, 6.45) is 2.01. The fraction of sp³-hybridized carbons (Fsp3) is 0.500. The summed E-state index contributed by atoms with van der Waals surface area (Å²) in [6, 6.07) is 8.15. The number of piperidine rings is 1. The van der Waals surface area contributed by atoms with Crippen LogP contribution >= 0.6 is 0 Å². The number of imide groups is 1. The summed E-state index contributed by atoms with van der Waals surface area (Å²) in [5, 5.41) is 0. The van der Waals surface area contributed by atoms with Gasteiger partial charge in [-0.15, -0.1) is 0 Å². The molecule has 1 aromatic rings. The van der Waals surface area contributed by atoms with Gasteiger partial charge in [0.05, 0.1) is 5.57 Å². The van der Waals surface area contributed by atoms with Gasteiger partial charge in [-0.3, -0.25) is 14.5 Å². The number of carbonyl (C=O) groups is 2. The minimum atomic E-state index is -0.175. The number of likely N-dealkylation sites (tertiary alicyclic amines) is 1. The Kier molecular flexibility index (Phi) is 4.95. The zero-order valence-electron chi connectivity index (χ0n) is 15.6. The number of rotatable bonds is 4. The van der Waals surface area contributed by atoms with Gasteiger partial charge in [-0.05, 0) is 52.4 Å². The fourth-order valence-corrected chi connectivity index (χ4v) is 3.72. The fourth-order valence-electron chi connectivity index (χ4n) is 3.72. The van der Waals surface area contributed by atoms with Crippen LogP contribution in [0, 0.1) is 6.92 Å². The second-order valence-corrected chi connectivity index (χ2v) is 7.09. The summed E-state index contributed by atoms with van der Waals surface area (Å²) >= 11 is 0. The Hall–Kier alpha value is -2.14. The van der Waals surface area contributed by atoms with Crippen molar-refractivity contribution in [2.45, 2.75) is 32.7 Å². The molecular formula is C20H27N3O2. The molecule has 0 unspecified atom stereocenters. The standard InChI is InChI=1S/C20H27N3O2/c1-5-23-19(24)17(15-8-6-14(2)7-9-15)18(20(23)25)22(4)16-10-12-21(3)13-11-16/h6-9,16H,5,10-13H2,1-4H3. The van der Waals surface area contributed by atoms with Gasteiger partial charge in [0.1, 0.15) is 5.70 Å². The maximum absolute atomic E-state index is 12.9. The second-order valence-electron chi connectivity index (χ2n) is 7.09. The topological polar surface area (TPSA) is 43.9 Å². The van der Waals surface area contributed by atoms with Crippen LogP contribution in [0.1, 0.15) is 30.9 Å². The highest BCUT2D eigenvalue weighted by Crippen LogP contribution is 2.33. The molecule has 1 fully saturated rings. The van der Waals surface area contributed by atoms with E-state index < -0.39 is 0 Å². The van der Waals surface area contributed by atoms with Crippen LogP contribution in [0.2, 0.25) is 0 Å². The molecule has 0 spiro atoms. The lowest BCUT2D eigenvalue weighted by Gasteiger charge is -2.36. The van der Waals surface area contributed by atoms with Gasteiger partial charge in [0.15, 0.2) is 0 Å². The summed E-state index contributed by atoms with van der Waals surface area (Å²) in [6.45, 7) is 6.30. The molecule has 25 heavy (non-hydrogen) atoms. The van der Waals surface area contributed by atoms with Gasteiger partial charge < -0.3 is 9.80 Å². The van der Waals surface area contributed by atoms with E-state index in [0.29, 0.717) is 23.9 Å². The van der Waals surface area contributed by atoms with E-state index in [2.05, 4.69) is 16.8 Å². The highest BCUT2D eigenvalue weighted by atomic mass is 16.2. The highest BCUT2D eigenvalue weighted by molar-refractivity contribution is 6.35. The Morgan fingerprint density at radius 2 is 1.68 bits per heavy atom. The first-order valence-corrected chi connectivity index (χ1v) is 9.03. The van der Waals surface area contributed by atoms with E-state index in [1.54, 1.807) is 0 Å². The van der Waals surface area contributed by atoms with E-state index in [0.717, 1.165) is 37.1 Å². The minimum absolute atomic E-state index is 0.162. The Labute approximate surface area is 149 Å². The van der Waals surface area contributed by atoms with E-state index in [1.165, 1.54) is 4.90 Å². The van der Waals surface area contributed by atoms with Crippen molar-refractivity contribution in [3.05, 3.63) is 41.1 Å². The lowest BCUT2D eigenvalue weighted by molar-refractivity contribution is -0.137. The number of hydrogen-bond acceptors (Lipinski definition) is 4. The number of aryl methyl sites for hydroxylation is 1.